The first-order valence-electron chi connectivity index (χ1n) is 8.35. The van der Waals surface area contributed by atoms with Gasteiger partial charge in [-0.3, -0.25) is 0 Å². The van der Waals surface area contributed by atoms with Crippen LogP contribution in [0.15, 0.2) is 59.0 Å². The summed E-state index contributed by atoms with van der Waals surface area (Å²) in [6, 6.07) is 9.21. The number of hydrogen-bond acceptors (Lipinski definition) is 4. The van der Waals surface area contributed by atoms with E-state index in [1.165, 1.54) is 0 Å². The maximum atomic E-state index is 9.75. The summed E-state index contributed by atoms with van der Waals surface area (Å²) in [4.78, 5) is 2.24. The lowest BCUT2D eigenvalue weighted by Crippen LogP contribution is -2.36. The molecule has 1 fully saturated rings. The van der Waals surface area contributed by atoms with E-state index in [0.29, 0.717) is 11.5 Å². The maximum absolute atomic E-state index is 9.75. The minimum absolute atomic E-state index is 0.164. The molecule has 2 unspecified atom stereocenters. The summed E-state index contributed by atoms with van der Waals surface area (Å²) in [5, 5.41) is 19.4. The fourth-order valence-electron chi connectivity index (χ4n) is 4.13. The monoisotopic (exact) mass is 330 g/mol. The average Bonchev–Trinajstić information content (AvgIpc) is 3.30. The highest BCUT2D eigenvalue weighted by Gasteiger charge is 2.67. The predicted molar refractivity (Wildman–Crippen MR) is 94.0 cm³/mol. The molecule has 1 aromatic carbocycles. The summed E-state index contributed by atoms with van der Waals surface area (Å²) in [6.07, 6.45) is 4.93. The Kier molecular flexibility index (Phi) is 3.37. The van der Waals surface area contributed by atoms with Crippen molar-refractivity contribution in [2.24, 2.45) is 5.92 Å². The summed E-state index contributed by atoms with van der Waals surface area (Å²) in [6.45, 7) is 2.86. The van der Waals surface area contributed by atoms with Crippen molar-refractivity contribution in [2.75, 3.05) is 13.7 Å². The molecule has 3 aliphatic rings. The Bertz CT molecular complexity index is 952. The first kappa shape index (κ1) is 15.4. The van der Waals surface area contributed by atoms with Gasteiger partial charge in [-0.15, -0.1) is 0 Å². The topological polar surface area (TPSA) is 56.5 Å². The van der Waals surface area contributed by atoms with Crippen LogP contribution in [-0.4, -0.2) is 29.2 Å². The minimum Gasteiger partial charge on any atom is -0.508 e. The van der Waals surface area contributed by atoms with E-state index in [0.717, 1.165) is 35.6 Å². The smallest absolute Gasteiger partial charge is 0.116 e. The Labute approximate surface area is 147 Å². The summed E-state index contributed by atoms with van der Waals surface area (Å²) in [5.41, 5.74) is 3.05. The number of phenolic OH excluding ortho intramolecular Hbond substituents is 1. The number of phenols is 1. The number of aromatic hydroxyl groups is 1. The molecule has 124 valence electrons. The third kappa shape index (κ3) is 2.08. The van der Waals surface area contributed by atoms with E-state index in [9.17, 15) is 10.4 Å². The average molecular weight is 330 g/mol. The maximum Gasteiger partial charge on any atom is 0.116 e. The van der Waals surface area contributed by atoms with Crippen molar-refractivity contribution in [3.05, 3.63) is 64.6 Å². The number of methoxy groups -OCH3 is 1. The molecule has 0 bridgehead atoms. The largest absolute Gasteiger partial charge is 0.508 e. The van der Waals surface area contributed by atoms with Crippen molar-refractivity contribution >= 4 is 0 Å². The molecule has 4 nitrogen and oxygen atoms in total. The Balaban J connectivity index is 1.80. The molecule has 1 heterocycles. The molecule has 0 aromatic heterocycles. The first-order chi connectivity index (χ1) is 12.2. The molecule has 1 spiro atoms. The van der Waals surface area contributed by atoms with Crippen LogP contribution in [0.4, 0.5) is 0 Å². The molecule has 0 saturated heterocycles. The van der Waals surface area contributed by atoms with Gasteiger partial charge in [0, 0.05) is 18.0 Å². The summed E-state index contributed by atoms with van der Waals surface area (Å²) >= 11 is 0. The third-order valence-corrected chi connectivity index (χ3v) is 5.25. The summed E-state index contributed by atoms with van der Waals surface area (Å²) < 4.78 is 5.51. The van der Waals surface area contributed by atoms with Gasteiger partial charge in [0.15, 0.2) is 0 Å². The molecule has 1 saturated carbocycles. The molecule has 0 radical (unpaired) electrons. The number of allylic oxidation sites excluding steroid dienone is 3. The van der Waals surface area contributed by atoms with Crippen molar-refractivity contribution in [3.8, 4) is 23.7 Å². The van der Waals surface area contributed by atoms with Crippen molar-refractivity contribution in [1.29, 1.82) is 5.26 Å². The van der Waals surface area contributed by atoms with Crippen LogP contribution >= 0.6 is 0 Å². The van der Waals surface area contributed by atoms with Gasteiger partial charge in [0.1, 0.15) is 23.3 Å². The van der Waals surface area contributed by atoms with Gasteiger partial charge >= 0.3 is 0 Å². The SMILES string of the molecule is CCN1C(C#Cc2cccc(O)c2)=C(C#N)C2=CC=C(OC)C3CC231. The van der Waals surface area contributed by atoms with Crippen LogP contribution in [-0.2, 0) is 4.74 Å². The molecule has 1 aromatic rings. The van der Waals surface area contributed by atoms with E-state index in [1.54, 1.807) is 25.3 Å². The lowest BCUT2D eigenvalue weighted by molar-refractivity contribution is 0.231. The fraction of sp³-hybridized carbons (Fsp3) is 0.286. The van der Waals surface area contributed by atoms with Crippen LogP contribution in [0, 0.1) is 29.1 Å². The Hall–Kier alpha value is -3.11. The predicted octanol–water partition coefficient (Wildman–Crippen LogP) is 3.09. The van der Waals surface area contributed by atoms with Gasteiger partial charge in [0.05, 0.1) is 18.2 Å². The molecule has 4 rings (SSSR count). The number of rotatable bonds is 2. The van der Waals surface area contributed by atoms with Gasteiger partial charge in [-0.1, -0.05) is 18.1 Å². The zero-order chi connectivity index (χ0) is 17.6. The van der Waals surface area contributed by atoms with Crippen molar-refractivity contribution < 1.29 is 9.84 Å². The number of nitrogens with zero attached hydrogens (tertiary/aromatic N) is 2. The molecule has 1 N–H and O–H groups in total. The van der Waals surface area contributed by atoms with Crippen LogP contribution in [0.25, 0.3) is 0 Å². The van der Waals surface area contributed by atoms with Gasteiger partial charge in [0.2, 0.25) is 0 Å². The molecular formula is C21H18N2O2. The number of nitriles is 1. The van der Waals surface area contributed by atoms with Crippen LogP contribution in [0.3, 0.4) is 0 Å². The molecule has 25 heavy (non-hydrogen) atoms. The Morgan fingerprint density at radius 1 is 1.36 bits per heavy atom. The Morgan fingerprint density at radius 3 is 2.88 bits per heavy atom. The van der Waals surface area contributed by atoms with E-state index in [2.05, 4.69) is 29.7 Å². The molecule has 0 amide bonds. The lowest BCUT2D eigenvalue weighted by Gasteiger charge is -2.30. The van der Waals surface area contributed by atoms with Crippen molar-refractivity contribution in [3.63, 3.8) is 0 Å². The van der Waals surface area contributed by atoms with Crippen LogP contribution in [0.1, 0.15) is 18.9 Å². The second-order valence-electron chi connectivity index (χ2n) is 6.41. The van der Waals surface area contributed by atoms with E-state index >= 15 is 0 Å². The molecule has 2 aliphatic carbocycles. The van der Waals surface area contributed by atoms with E-state index in [1.807, 2.05) is 18.2 Å². The van der Waals surface area contributed by atoms with Gasteiger partial charge in [-0.05, 0) is 49.1 Å². The normalized spacial score (nSPS) is 25.8. The number of hydrogen-bond donors (Lipinski definition) is 1. The third-order valence-electron chi connectivity index (χ3n) is 5.25. The van der Waals surface area contributed by atoms with Crippen molar-refractivity contribution in [2.45, 2.75) is 18.9 Å². The van der Waals surface area contributed by atoms with Gasteiger partial charge in [-0.25, -0.2) is 0 Å². The standard InChI is InChI=1S/C21H18N2O2/c1-3-23-19(9-7-14-5-4-6-15(24)11-14)16(13-22)17-8-10-20(25-2)18-12-21(17,18)23/h4-6,8,10-11,18,24H,3,12H2,1-2H3. The molecule has 1 aliphatic heterocycles. The van der Waals surface area contributed by atoms with Gasteiger partial charge in [0.25, 0.3) is 0 Å². The van der Waals surface area contributed by atoms with Gasteiger partial charge in [-0.2, -0.15) is 5.26 Å². The number of ether oxygens (including phenoxy) is 1. The second kappa shape index (κ2) is 5.46. The quantitative estimate of drug-likeness (QED) is 0.847. The summed E-state index contributed by atoms with van der Waals surface area (Å²) in [5.74, 6) is 7.73. The zero-order valence-electron chi connectivity index (χ0n) is 14.2. The molecular weight excluding hydrogens is 312 g/mol. The highest BCUT2D eigenvalue weighted by atomic mass is 16.5. The van der Waals surface area contributed by atoms with Crippen molar-refractivity contribution in [1.82, 2.24) is 4.90 Å². The van der Waals surface area contributed by atoms with E-state index in [4.69, 9.17) is 4.74 Å². The van der Waals surface area contributed by atoms with E-state index in [-0.39, 0.29) is 11.3 Å². The van der Waals surface area contributed by atoms with E-state index < -0.39 is 0 Å². The zero-order valence-corrected chi connectivity index (χ0v) is 14.2. The molecule has 2 atom stereocenters. The molecule has 4 heteroatoms. The number of benzene rings is 1. The Morgan fingerprint density at radius 2 is 2.20 bits per heavy atom. The van der Waals surface area contributed by atoms with Crippen LogP contribution < -0.4 is 0 Å². The van der Waals surface area contributed by atoms with Gasteiger partial charge < -0.3 is 14.7 Å². The minimum atomic E-state index is -0.164. The summed E-state index contributed by atoms with van der Waals surface area (Å²) in [7, 11) is 1.70. The second-order valence-corrected chi connectivity index (χ2v) is 6.41. The highest BCUT2D eigenvalue weighted by Crippen LogP contribution is 2.64. The first-order valence-corrected chi connectivity index (χ1v) is 8.35. The highest BCUT2D eigenvalue weighted by molar-refractivity contribution is 5.68. The lowest BCUT2D eigenvalue weighted by atomic mass is 9.94. The fourth-order valence-corrected chi connectivity index (χ4v) is 4.13. The van der Waals surface area contributed by atoms with Crippen LogP contribution in [0.2, 0.25) is 0 Å². The van der Waals surface area contributed by atoms with Crippen LogP contribution in [0.5, 0.6) is 5.75 Å². The number of likely N-dealkylation sites (N-methyl/N-ethyl adjacent to an activating group) is 1.